The molecule has 0 aliphatic carbocycles. The number of imide groups is 1. The topological polar surface area (TPSA) is 85.5 Å². The molecule has 1 fully saturated rings. The van der Waals surface area contributed by atoms with E-state index in [1.165, 1.54) is 0 Å². The molecule has 5 rings (SSSR count). The zero-order valence-corrected chi connectivity index (χ0v) is 19.3. The Morgan fingerprint density at radius 1 is 0.914 bits per heavy atom. The van der Waals surface area contributed by atoms with Crippen LogP contribution in [0.1, 0.15) is 22.7 Å². The summed E-state index contributed by atoms with van der Waals surface area (Å²) in [5, 5.41) is 3.76. The Labute approximate surface area is 203 Å². The number of nitrogens with zero attached hydrogens (tertiary/aromatic N) is 2. The van der Waals surface area contributed by atoms with Gasteiger partial charge >= 0.3 is 6.03 Å². The minimum absolute atomic E-state index is 0.318. The number of hydrogen-bond donors (Lipinski definition) is 2. The molecule has 1 aliphatic heterocycles. The van der Waals surface area contributed by atoms with Crippen molar-refractivity contribution in [3.63, 3.8) is 0 Å². The van der Waals surface area contributed by atoms with E-state index in [2.05, 4.69) is 10.3 Å². The molecule has 4 amide bonds. The van der Waals surface area contributed by atoms with Crippen LogP contribution in [0.25, 0.3) is 10.9 Å². The number of H-pyrrole nitrogens is 1. The number of benzene rings is 3. The minimum atomic E-state index is -0.709. The van der Waals surface area contributed by atoms with Crippen LogP contribution in [0.15, 0.2) is 91.1 Å². The molecule has 3 aromatic carbocycles. The number of hydrogen-bond acceptors (Lipinski definition) is 3. The van der Waals surface area contributed by atoms with E-state index in [0.717, 1.165) is 32.5 Å². The van der Waals surface area contributed by atoms with E-state index in [0.29, 0.717) is 6.42 Å². The first-order chi connectivity index (χ1) is 17.0. The fourth-order valence-electron chi connectivity index (χ4n) is 4.69. The molecule has 1 aromatic heterocycles. The van der Waals surface area contributed by atoms with Crippen molar-refractivity contribution in [3.05, 3.63) is 108 Å². The Morgan fingerprint density at radius 2 is 1.51 bits per heavy atom. The molecule has 2 N–H and O–H groups in total. The number of carbonyl (C=O) groups excluding carboxylic acids is 3. The highest BCUT2D eigenvalue weighted by Crippen LogP contribution is 2.28. The zero-order chi connectivity index (χ0) is 24.4. The first-order valence-corrected chi connectivity index (χ1v) is 11.6. The van der Waals surface area contributed by atoms with E-state index in [4.69, 9.17) is 0 Å². The van der Waals surface area contributed by atoms with E-state index in [1.54, 1.807) is 11.9 Å². The second kappa shape index (κ2) is 9.46. The fraction of sp³-hybridized carbons (Fsp3) is 0.179. The summed E-state index contributed by atoms with van der Waals surface area (Å²) >= 11 is 0. The van der Waals surface area contributed by atoms with Gasteiger partial charge in [-0.15, -0.1) is 0 Å². The third-order valence-corrected chi connectivity index (χ3v) is 6.51. The lowest BCUT2D eigenvalue weighted by Gasteiger charge is -2.30. The Bertz CT molecular complexity index is 1330. The van der Waals surface area contributed by atoms with Crippen LogP contribution in [-0.2, 0) is 16.0 Å². The number of likely N-dealkylation sites (N-methyl/N-ethyl adjacent to an activating group) is 1. The Balaban J connectivity index is 1.33. The van der Waals surface area contributed by atoms with Gasteiger partial charge in [-0.05, 0) is 22.8 Å². The Morgan fingerprint density at radius 3 is 2.17 bits per heavy atom. The summed E-state index contributed by atoms with van der Waals surface area (Å²) in [5.41, 5.74) is 3.81. The van der Waals surface area contributed by atoms with Crippen molar-refractivity contribution in [2.45, 2.75) is 18.5 Å². The summed E-state index contributed by atoms with van der Waals surface area (Å²) in [6.45, 7) is -0.318. The molecule has 0 spiro atoms. The number of para-hydroxylation sites is 1. The van der Waals surface area contributed by atoms with Crippen LogP contribution >= 0.6 is 0 Å². The van der Waals surface area contributed by atoms with Crippen molar-refractivity contribution in [3.8, 4) is 0 Å². The molecular weight excluding hydrogens is 440 g/mol. The molecule has 176 valence electrons. The normalized spacial score (nSPS) is 15.6. The molecule has 4 aromatic rings. The van der Waals surface area contributed by atoms with Crippen molar-refractivity contribution in [1.82, 2.24) is 20.1 Å². The van der Waals surface area contributed by atoms with Gasteiger partial charge in [0, 0.05) is 30.6 Å². The summed E-state index contributed by atoms with van der Waals surface area (Å²) in [7, 11) is 1.70. The van der Waals surface area contributed by atoms with Crippen LogP contribution in [0.5, 0.6) is 0 Å². The molecule has 1 saturated heterocycles. The van der Waals surface area contributed by atoms with Crippen molar-refractivity contribution < 1.29 is 14.4 Å². The number of aromatic amines is 1. The largest absolute Gasteiger partial charge is 0.361 e. The van der Waals surface area contributed by atoms with Crippen molar-refractivity contribution in [1.29, 1.82) is 0 Å². The van der Waals surface area contributed by atoms with Crippen molar-refractivity contribution in [2.75, 3.05) is 13.6 Å². The number of urea groups is 1. The van der Waals surface area contributed by atoms with Crippen LogP contribution < -0.4 is 5.32 Å². The SMILES string of the molecule is CN(C(=O)CN1C(=O)N[C@@H](Cc2c[nH]c3ccccc23)C1=O)C(c1ccccc1)c1ccccc1. The van der Waals surface area contributed by atoms with Gasteiger partial charge in [0.25, 0.3) is 5.91 Å². The van der Waals surface area contributed by atoms with Crippen LogP contribution in [0.2, 0.25) is 0 Å². The monoisotopic (exact) mass is 466 g/mol. The maximum Gasteiger partial charge on any atom is 0.325 e. The predicted molar refractivity (Wildman–Crippen MR) is 134 cm³/mol. The van der Waals surface area contributed by atoms with E-state index in [9.17, 15) is 14.4 Å². The van der Waals surface area contributed by atoms with Gasteiger partial charge in [-0.1, -0.05) is 78.9 Å². The fourth-order valence-corrected chi connectivity index (χ4v) is 4.69. The molecule has 0 bridgehead atoms. The molecule has 0 saturated carbocycles. The highest BCUT2D eigenvalue weighted by atomic mass is 16.2. The van der Waals surface area contributed by atoms with E-state index < -0.39 is 18.0 Å². The van der Waals surface area contributed by atoms with E-state index in [1.807, 2.05) is 91.1 Å². The first-order valence-electron chi connectivity index (χ1n) is 11.6. The Kier molecular flexibility index (Phi) is 6.06. The minimum Gasteiger partial charge on any atom is -0.361 e. The summed E-state index contributed by atoms with van der Waals surface area (Å²) < 4.78 is 0. The van der Waals surface area contributed by atoms with Crippen LogP contribution in [0.3, 0.4) is 0 Å². The maximum absolute atomic E-state index is 13.3. The molecule has 7 nitrogen and oxygen atoms in total. The Hall–Kier alpha value is -4.39. The van der Waals surface area contributed by atoms with Crippen LogP contribution in [0, 0.1) is 0 Å². The summed E-state index contributed by atoms with van der Waals surface area (Å²) in [4.78, 5) is 44.9. The molecule has 0 radical (unpaired) electrons. The molecule has 1 aliphatic rings. The lowest BCUT2D eigenvalue weighted by atomic mass is 9.97. The number of nitrogens with one attached hydrogen (secondary N) is 2. The summed E-state index contributed by atoms with van der Waals surface area (Å²) in [6.07, 6.45) is 2.21. The highest BCUT2D eigenvalue weighted by Gasteiger charge is 2.40. The van der Waals surface area contributed by atoms with Crippen molar-refractivity contribution >= 4 is 28.7 Å². The van der Waals surface area contributed by atoms with Gasteiger partial charge in [0.15, 0.2) is 0 Å². The van der Waals surface area contributed by atoms with Gasteiger partial charge in [0.1, 0.15) is 12.6 Å². The van der Waals surface area contributed by atoms with Gasteiger partial charge in [-0.3, -0.25) is 14.5 Å². The predicted octanol–water partition coefficient (Wildman–Crippen LogP) is 3.88. The molecule has 0 unspecified atom stereocenters. The number of rotatable bonds is 7. The van der Waals surface area contributed by atoms with Gasteiger partial charge in [-0.25, -0.2) is 4.79 Å². The van der Waals surface area contributed by atoms with Crippen LogP contribution in [0.4, 0.5) is 4.79 Å². The third kappa shape index (κ3) is 4.40. The molecule has 2 heterocycles. The smallest absolute Gasteiger partial charge is 0.325 e. The second-order valence-electron chi connectivity index (χ2n) is 8.72. The average molecular weight is 467 g/mol. The number of fused-ring (bicyclic) bond motifs is 1. The van der Waals surface area contributed by atoms with Crippen LogP contribution in [-0.4, -0.2) is 52.3 Å². The van der Waals surface area contributed by atoms with Gasteiger partial charge in [0.2, 0.25) is 5.91 Å². The summed E-state index contributed by atoms with van der Waals surface area (Å²) in [5.74, 6) is -0.711. The quantitative estimate of drug-likeness (QED) is 0.406. The standard InChI is InChI=1S/C28H26N4O3/c1-31(26(19-10-4-2-5-11-19)20-12-6-3-7-13-20)25(33)18-32-27(34)24(30-28(32)35)16-21-17-29-23-15-9-8-14-22(21)23/h2-15,17,24,26,29H,16,18H2,1H3,(H,30,35)/t24-/m0/s1. The zero-order valence-electron chi connectivity index (χ0n) is 19.3. The average Bonchev–Trinajstić information content (AvgIpc) is 3.41. The third-order valence-electron chi connectivity index (χ3n) is 6.51. The molecular formula is C28H26N4O3. The highest BCUT2D eigenvalue weighted by molar-refractivity contribution is 6.06. The van der Waals surface area contributed by atoms with E-state index in [-0.39, 0.29) is 18.5 Å². The van der Waals surface area contributed by atoms with Gasteiger partial charge in [0.05, 0.1) is 6.04 Å². The number of carbonyl (C=O) groups is 3. The summed E-state index contributed by atoms with van der Waals surface area (Å²) in [6, 6.07) is 25.6. The maximum atomic E-state index is 13.3. The van der Waals surface area contributed by atoms with E-state index >= 15 is 0 Å². The lowest BCUT2D eigenvalue weighted by Crippen LogP contribution is -2.43. The van der Waals surface area contributed by atoms with Gasteiger partial charge < -0.3 is 15.2 Å². The lowest BCUT2D eigenvalue weighted by molar-refractivity contribution is -0.137. The van der Waals surface area contributed by atoms with Crippen molar-refractivity contribution in [2.24, 2.45) is 0 Å². The molecule has 7 heteroatoms. The number of aromatic nitrogens is 1. The molecule has 35 heavy (non-hydrogen) atoms. The molecule has 1 atom stereocenters. The van der Waals surface area contributed by atoms with Gasteiger partial charge in [-0.2, -0.15) is 0 Å². The second-order valence-corrected chi connectivity index (χ2v) is 8.72. The first kappa shape index (κ1) is 22.4. The number of amides is 4.